The van der Waals surface area contributed by atoms with Crippen molar-refractivity contribution in [1.29, 1.82) is 0 Å². The van der Waals surface area contributed by atoms with E-state index in [1.807, 2.05) is 6.07 Å². The highest BCUT2D eigenvalue weighted by Crippen LogP contribution is 2.29. The van der Waals surface area contributed by atoms with E-state index < -0.39 is 0 Å². The van der Waals surface area contributed by atoms with Crippen molar-refractivity contribution in [1.82, 2.24) is 29.8 Å². The summed E-state index contributed by atoms with van der Waals surface area (Å²) in [5, 5.41) is 7.29. The summed E-state index contributed by atoms with van der Waals surface area (Å²) in [5.41, 5.74) is 8.52. The van der Waals surface area contributed by atoms with Gasteiger partial charge in [0.1, 0.15) is 11.8 Å². The van der Waals surface area contributed by atoms with Crippen LogP contribution in [0.2, 0.25) is 0 Å². The zero-order valence-electron chi connectivity index (χ0n) is 16.9. The molecule has 4 rings (SSSR count). The number of amides is 1. The van der Waals surface area contributed by atoms with Crippen molar-refractivity contribution in [2.45, 2.75) is 6.42 Å². The number of nitrogens with two attached hydrogens (primary N) is 1. The molecule has 3 aromatic heterocycles. The number of fused-ring (bicyclic) bond motifs is 1. The maximum atomic E-state index is 12.9. The fraction of sp³-hybridized carbons (Fsp3) is 0.400. The molecule has 1 aliphatic heterocycles. The highest BCUT2D eigenvalue weighted by Gasteiger charge is 2.20. The van der Waals surface area contributed by atoms with Crippen LogP contribution >= 0.6 is 0 Å². The number of carbonyl (C=O) groups excluding carboxylic acids is 1. The molecular weight excluding hydrogens is 386 g/mol. The van der Waals surface area contributed by atoms with Crippen LogP contribution in [-0.4, -0.2) is 76.9 Å². The van der Waals surface area contributed by atoms with E-state index in [1.54, 1.807) is 30.0 Å². The van der Waals surface area contributed by atoms with Crippen LogP contribution in [0.5, 0.6) is 5.88 Å². The predicted octanol–water partition coefficient (Wildman–Crippen LogP) is 0.834. The summed E-state index contributed by atoms with van der Waals surface area (Å²) in [6.07, 6.45) is 3.87. The van der Waals surface area contributed by atoms with Crippen molar-refractivity contribution in [3.05, 3.63) is 36.3 Å². The van der Waals surface area contributed by atoms with Crippen molar-refractivity contribution in [3.8, 4) is 17.1 Å². The number of aromatic nitrogens is 4. The van der Waals surface area contributed by atoms with Crippen LogP contribution in [0.3, 0.4) is 0 Å². The van der Waals surface area contributed by atoms with Crippen LogP contribution in [0, 0.1) is 0 Å². The van der Waals surface area contributed by atoms with Gasteiger partial charge in [0.05, 0.1) is 31.6 Å². The van der Waals surface area contributed by atoms with E-state index in [0.29, 0.717) is 29.2 Å². The largest absolute Gasteiger partial charge is 0.481 e. The third kappa shape index (κ3) is 4.19. The summed E-state index contributed by atoms with van der Waals surface area (Å²) in [7, 11) is 1.55. The Bertz CT molecular complexity index is 1030. The summed E-state index contributed by atoms with van der Waals surface area (Å²) < 4.78 is 12.2. The summed E-state index contributed by atoms with van der Waals surface area (Å²) in [5.74, 6) is 0.512. The van der Waals surface area contributed by atoms with Crippen molar-refractivity contribution in [2.75, 3.05) is 52.2 Å². The molecule has 0 atom stereocenters. The van der Waals surface area contributed by atoms with Crippen LogP contribution in [0.1, 0.15) is 16.8 Å². The molecule has 0 spiro atoms. The standard InChI is InChI=1S/C20H25N7O3/c1-29-17-11-14(3-5-22-17)16-12-15(18-19(21)24-13-25-27(16)18)20(28)23-4-2-6-26-7-9-30-10-8-26/h3,5,11-13H,2,4,6-10H2,1H3,(H,23,28)(H2,21,24,25). The van der Waals surface area contributed by atoms with E-state index >= 15 is 0 Å². The Balaban J connectivity index is 1.53. The Morgan fingerprint density at radius 1 is 1.30 bits per heavy atom. The number of ether oxygens (including phenoxy) is 2. The van der Waals surface area contributed by atoms with Crippen molar-refractivity contribution >= 4 is 17.2 Å². The number of nitrogen functional groups attached to an aromatic ring is 1. The SMILES string of the molecule is COc1cc(-c2cc(C(=O)NCCCN3CCOCC3)c3c(N)ncnn23)ccn1. The monoisotopic (exact) mass is 411 g/mol. The lowest BCUT2D eigenvalue weighted by Crippen LogP contribution is -2.38. The van der Waals surface area contributed by atoms with E-state index in [4.69, 9.17) is 15.2 Å². The highest BCUT2D eigenvalue weighted by atomic mass is 16.5. The molecule has 30 heavy (non-hydrogen) atoms. The maximum absolute atomic E-state index is 12.9. The van der Waals surface area contributed by atoms with Crippen LogP contribution in [0.4, 0.5) is 5.82 Å². The molecule has 0 saturated carbocycles. The van der Waals surface area contributed by atoms with E-state index in [9.17, 15) is 4.79 Å². The molecule has 10 heteroatoms. The smallest absolute Gasteiger partial charge is 0.253 e. The molecule has 0 unspecified atom stereocenters. The highest BCUT2D eigenvalue weighted by molar-refractivity contribution is 6.05. The number of morpholine rings is 1. The first-order valence-corrected chi connectivity index (χ1v) is 9.88. The van der Waals surface area contributed by atoms with E-state index in [2.05, 4.69) is 25.3 Å². The third-order valence-electron chi connectivity index (χ3n) is 5.11. The number of nitrogens with one attached hydrogen (secondary N) is 1. The molecule has 0 aliphatic carbocycles. The van der Waals surface area contributed by atoms with Crippen LogP contribution in [0.25, 0.3) is 16.8 Å². The Labute approximate surface area is 174 Å². The Morgan fingerprint density at radius 3 is 2.93 bits per heavy atom. The average molecular weight is 411 g/mol. The van der Waals surface area contributed by atoms with E-state index in [1.165, 1.54) is 6.33 Å². The number of hydrogen-bond donors (Lipinski definition) is 2. The number of hydrogen-bond acceptors (Lipinski definition) is 8. The molecule has 0 bridgehead atoms. The first-order chi connectivity index (χ1) is 14.7. The van der Waals surface area contributed by atoms with Gasteiger partial charge in [-0.15, -0.1) is 0 Å². The van der Waals surface area contributed by atoms with Gasteiger partial charge in [-0.2, -0.15) is 5.10 Å². The van der Waals surface area contributed by atoms with Crippen molar-refractivity contribution in [3.63, 3.8) is 0 Å². The van der Waals surface area contributed by atoms with Gasteiger partial charge in [-0.3, -0.25) is 9.69 Å². The molecule has 1 fully saturated rings. The van der Waals surface area contributed by atoms with Crippen molar-refractivity contribution < 1.29 is 14.3 Å². The lowest BCUT2D eigenvalue weighted by molar-refractivity contribution is 0.0374. The van der Waals surface area contributed by atoms with Gasteiger partial charge in [-0.1, -0.05) is 0 Å². The summed E-state index contributed by atoms with van der Waals surface area (Å²) >= 11 is 0. The van der Waals surface area contributed by atoms with Gasteiger partial charge in [-0.05, 0) is 25.1 Å². The van der Waals surface area contributed by atoms with Gasteiger partial charge in [-0.25, -0.2) is 14.5 Å². The lowest BCUT2D eigenvalue weighted by atomic mass is 10.1. The minimum Gasteiger partial charge on any atom is -0.481 e. The van der Waals surface area contributed by atoms with Crippen LogP contribution in [-0.2, 0) is 4.74 Å². The maximum Gasteiger partial charge on any atom is 0.253 e. The molecule has 0 radical (unpaired) electrons. The Morgan fingerprint density at radius 2 is 2.13 bits per heavy atom. The number of rotatable bonds is 7. The number of methoxy groups -OCH3 is 1. The fourth-order valence-electron chi connectivity index (χ4n) is 3.55. The quantitative estimate of drug-likeness (QED) is 0.549. The zero-order valence-corrected chi connectivity index (χ0v) is 16.9. The lowest BCUT2D eigenvalue weighted by Gasteiger charge is -2.26. The summed E-state index contributed by atoms with van der Waals surface area (Å²) in [6, 6.07) is 5.38. The number of nitrogens with zero attached hydrogens (tertiary/aromatic N) is 5. The molecule has 3 aromatic rings. The third-order valence-corrected chi connectivity index (χ3v) is 5.11. The normalized spacial score (nSPS) is 14.7. The van der Waals surface area contributed by atoms with Crippen LogP contribution in [0.15, 0.2) is 30.7 Å². The van der Waals surface area contributed by atoms with E-state index in [-0.39, 0.29) is 11.7 Å². The second kappa shape index (κ2) is 9.06. The van der Waals surface area contributed by atoms with Gasteiger partial charge >= 0.3 is 0 Å². The van der Waals surface area contributed by atoms with Crippen LogP contribution < -0.4 is 15.8 Å². The van der Waals surface area contributed by atoms with Gasteiger partial charge in [0.15, 0.2) is 5.82 Å². The molecule has 3 N–H and O–H groups in total. The first kappa shape index (κ1) is 20.0. The molecular formula is C20H25N7O3. The second-order valence-electron chi connectivity index (χ2n) is 7.00. The zero-order chi connectivity index (χ0) is 20.9. The molecule has 10 nitrogen and oxygen atoms in total. The molecule has 1 aliphatic rings. The summed E-state index contributed by atoms with van der Waals surface area (Å²) in [4.78, 5) is 23.5. The van der Waals surface area contributed by atoms with Crippen molar-refractivity contribution in [2.24, 2.45) is 0 Å². The van der Waals surface area contributed by atoms with Gasteiger partial charge in [0.2, 0.25) is 5.88 Å². The molecule has 1 amide bonds. The van der Waals surface area contributed by atoms with E-state index in [0.717, 1.165) is 44.8 Å². The Hall–Kier alpha value is -3.24. The summed E-state index contributed by atoms with van der Waals surface area (Å²) in [6.45, 7) is 4.90. The van der Waals surface area contributed by atoms with Gasteiger partial charge in [0.25, 0.3) is 5.91 Å². The van der Waals surface area contributed by atoms with Gasteiger partial charge < -0.3 is 20.5 Å². The second-order valence-corrected chi connectivity index (χ2v) is 7.00. The molecule has 0 aromatic carbocycles. The number of anilines is 1. The molecule has 1 saturated heterocycles. The van der Waals surface area contributed by atoms with Gasteiger partial charge in [0, 0.05) is 37.5 Å². The molecule has 158 valence electrons. The fourth-order valence-corrected chi connectivity index (χ4v) is 3.55. The minimum absolute atomic E-state index is 0.205. The number of carbonyl (C=O) groups is 1. The minimum atomic E-state index is -0.205. The number of pyridine rings is 1. The first-order valence-electron chi connectivity index (χ1n) is 9.88. The topological polar surface area (TPSA) is 120 Å². The Kier molecular flexibility index (Phi) is 6.05. The molecule has 4 heterocycles. The average Bonchev–Trinajstić information content (AvgIpc) is 3.18. The predicted molar refractivity (Wildman–Crippen MR) is 111 cm³/mol.